The number of carbonyl (C=O) groups is 4. The zero-order chi connectivity index (χ0) is 23.3. The molecule has 1 aromatic carbocycles. The third kappa shape index (κ3) is 6.17. The topological polar surface area (TPSA) is 124 Å². The van der Waals surface area contributed by atoms with Gasteiger partial charge >= 0.3 is 23.9 Å². The monoisotopic (exact) mass is 438 g/mol. The standard InChI is InChI=1S/C21H26O10/c1-10-18(29-12(3)23)20(30-13(4)24)21(31-14(5)25)19(27-10)16-9-15(28-11(2)22)7-8-17(16)26-6/h7-10,18-21H,1-6H3/t10-,18+,19?,20+,21+/m0/s1. The number of methoxy groups -OCH3 is 1. The van der Waals surface area contributed by atoms with Gasteiger partial charge in [0.15, 0.2) is 18.3 Å². The molecule has 0 saturated carbocycles. The molecule has 1 heterocycles. The summed E-state index contributed by atoms with van der Waals surface area (Å²) in [5, 5.41) is 0. The lowest BCUT2D eigenvalue weighted by atomic mass is 9.90. The van der Waals surface area contributed by atoms with Crippen LogP contribution in [-0.2, 0) is 38.1 Å². The average Bonchev–Trinajstić information content (AvgIpc) is 2.65. The molecule has 0 bridgehead atoms. The van der Waals surface area contributed by atoms with Crippen LogP contribution in [0.5, 0.6) is 11.5 Å². The Morgan fingerprint density at radius 1 is 0.806 bits per heavy atom. The predicted molar refractivity (Wildman–Crippen MR) is 104 cm³/mol. The fourth-order valence-corrected chi connectivity index (χ4v) is 3.43. The van der Waals surface area contributed by atoms with Gasteiger partial charge in [-0.05, 0) is 25.1 Å². The minimum absolute atomic E-state index is 0.215. The van der Waals surface area contributed by atoms with Gasteiger partial charge < -0.3 is 28.4 Å². The van der Waals surface area contributed by atoms with E-state index >= 15 is 0 Å². The highest BCUT2D eigenvalue weighted by atomic mass is 16.6. The van der Waals surface area contributed by atoms with Gasteiger partial charge in [0.25, 0.3) is 0 Å². The first-order chi connectivity index (χ1) is 14.5. The maximum atomic E-state index is 11.9. The van der Waals surface area contributed by atoms with Crippen LogP contribution in [0.15, 0.2) is 18.2 Å². The van der Waals surface area contributed by atoms with Gasteiger partial charge in [-0.15, -0.1) is 0 Å². The van der Waals surface area contributed by atoms with Crippen molar-refractivity contribution >= 4 is 23.9 Å². The Kier molecular flexibility index (Phi) is 7.98. The minimum atomic E-state index is -1.18. The van der Waals surface area contributed by atoms with Crippen molar-refractivity contribution in [2.75, 3.05) is 7.11 Å². The van der Waals surface area contributed by atoms with Crippen molar-refractivity contribution in [3.8, 4) is 11.5 Å². The van der Waals surface area contributed by atoms with Crippen molar-refractivity contribution < 1.29 is 47.6 Å². The molecule has 1 unspecified atom stereocenters. The van der Waals surface area contributed by atoms with Gasteiger partial charge in [0.1, 0.15) is 17.6 Å². The Bertz CT molecular complexity index is 849. The average molecular weight is 438 g/mol. The lowest BCUT2D eigenvalue weighted by molar-refractivity contribution is -0.245. The van der Waals surface area contributed by atoms with Crippen molar-refractivity contribution in [3.63, 3.8) is 0 Å². The number of hydrogen-bond donors (Lipinski definition) is 0. The second-order valence-electron chi connectivity index (χ2n) is 6.98. The molecular formula is C21H26O10. The Morgan fingerprint density at radius 2 is 1.35 bits per heavy atom. The van der Waals surface area contributed by atoms with E-state index in [1.54, 1.807) is 13.0 Å². The molecule has 1 saturated heterocycles. The minimum Gasteiger partial charge on any atom is -0.496 e. The number of hydrogen-bond acceptors (Lipinski definition) is 10. The normalized spacial score (nSPS) is 25.2. The summed E-state index contributed by atoms with van der Waals surface area (Å²) >= 11 is 0. The molecule has 1 aromatic rings. The maximum Gasteiger partial charge on any atom is 0.308 e. The molecule has 0 aromatic heterocycles. The summed E-state index contributed by atoms with van der Waals surface area (Å²) < 4.78 is 32.8. The molecule has 0 spiro atoms. The molecule has 1 fully saturated rings. The summed E-state index contributed by atoms with van der Waals surface area (Å²) in [6, 6.07) is 4.60. The number of ether oxygens (including phenoxy) is 6. The van der Waals surface area contributed by atoms with Crippen molar-refractivity contribution in [2.45, 2.75) is 65.1 Å². The lowest BCUT2D eigenvalue weighted by Crippen LogP contribution is -2.57. The summed E-state index contributed by atoms with van der Waals surface area (Å²) in [6.45, 7) is 6.46. The first-order valence-electron chi connectivity index (χ1n) is 9.57. The van der Waals surface area contributed by atoms with E-state index in [1.807, 2.05) is 0 Å². The summed E-state index contributed by atoms with van der Waals surface area (Å²) in [7, 11) is 1.43. The zero-order valence-electron chi connectivity index (χ0n) is 18.2. The van der Waals surface area contributed by atoms with Crippen LogP contribution in [0.3, 0.4) is 0 Å². The largest absolute Gasteiger partial charge is 0.496 e. The second-order valence-corrected chi connectivity index (χ2v) is 6.98. The fourth-order valence-electron chi connectivity index (χ4n) is 3.43. The highest BCUT2D eigenvalue weighted by Crippen LogP contribution is 2.41. The van der Waals surface area contributed by atoms with E-state index in [1.165, 1.54) is 46.9 Å². The van der Waals surface area contributed by atoms with E-state index in [-0.39, 0.29) is 5.75 Å². The lowest BCUT2D eigenvalue weighted by Gasteiger charge is -2.44. The van der Waals surface area contributed by atoms with Crippen LogP contribution in [0.4, 0.5) is 0 Å². The summed E-state index contributed by atoms with van der Waals surface area (Å²) in [6.07, 6.45) is -5.08. The summed E-state index contributed by atoms with van der Waals surface area (Å²) in [4.78, 5) is 46.7. The van der Waals surface area contributed by atoms with Gasteiger partial charge in [0.2, 0.25) is 0 Å². The second kappa shape index (κ2) is 10.3. The van der Waals surface area contributed by atoms with Crippen LogP contribution in [-0.4, -0.2) is 55.4 Å². The van der Waals surface area contributed by atoms with Gasteiger partial charge in [-0.3, -0.25) is 19.2 Å². The van der Waals surface area contributed by atoms with Gasteiger partial charge in [-0.1, -0.05) is 0 Å². The smallest absolute Gasteiger partial charge is 0.308 e. The van der Waals surface area contributed by atoms with E-state index in [4.69, 9.17) is 28.4 Å². The molecule has 0 N–H and O–H groups in total. The number of benzene rings is 1. The Labute approximate surface area is 179 Å². The quantitative estimate of drug-likeness (QED) is 0.369. The third-order valence-corrected chi connectivity index (χ3v) is 4.45. The number of rotatable bonds is 6. The van der Waals surface area contributed by atoms with Crippen molar-refractivity contribution in [1.82, 2.24) is 0 Å². The fraction of sp³-hybridized carbons (Fsp3) is 0.524. The van der Waals surface area contributed by atoms with Crippen molar-refractivity contribution in [1.29, 1.82) is 0 Å². The molecule has 0 radical (unpaired) electrons. The summed E-state index contributed by atoms with van der Waals surface area (Å²) in [5.74, 6) is -1.90. The van der Waals surface area contributed by atoms with Gasteiger partial charge in [-0.2, -0.15) is 0 Å². The molecule has 5 atom stereocenters. The van der Waals surface area contributed by atoms with E-state index in [2.05, 4.69) is 0 Å². The van der Waals surface area contributed by atoms with Crippen LogP contribution in [0.1, 0.15) is 46.3 Å². The Hall–Kier alpha value is -3.14. The highest BCUT2D eigenvalue weighted by Gasteiger charge is 2.51. The van der Waals surface area contributed by atoms with Crippen LogP contribution >= 0.6 is 0 Å². The van der Waals surface area contributed by atoms with E-state index < -0.39 is 54.4 Å². The van der Waals surface area contributed by atoms with Gasteiger partial charge in [0, 0.05) is 33.3 Å². The molecule has 10 nitrogen and oxygen atoms in total. The van der Waals surface area contributed by atoms with Gasteiger partial charge in [-0.25, -0.2) is 0 Å². The molecule has 31 heavy (non-hydrogen) atoms. The number of esters is 4. The maximum absolute atomic E-state index is 11.9. The van der Waals surface area contributed by atoms with E-state index in [0.717, 1.165) is 0 Å². The highest BCUT2D eigenvalue weighted by molar-refractivity contribution is 5.70. The van der Waals surface area contributed by atoms with Crippen LogP contribution in [0, 0.1) is 0 Å². The zero-order valence-corrected chi connectivity index (χ0v) is 18.2. The number of carbonyl (C=O) groups excluding carboxylic acids is 4. The first kappa shape index (κ1) is 24.1. The van der Waals surface area contributed by atoms with Crippen LogP contribution in [0.2, 0.25) is 0 Å². The molecular weight excluding hydrogens is 412 g/mol. The first-order valence-corrected chi connectivity index (χ1v) is 9.57. The molecule has 170 valence electrons. The Balaban J connectivity index is 2.58. The van der Waals surface area contributed by atoms with Crippen LogP contribution < -0.4 is 9.47 Å². The molecule has 0 aliphatic carbocycles. The van der Waals surface area contributed by atoms with Gasteiger partial charge in [0.05, 0.1) is 13.2 Å². The van der Waals surface area contributed by atoms with Crippen LogP contribution in [0.25, 0.3) is 0 Å². The molecule has 0 amide bonds. The van der Waals surface area contributed by atoms with Crippen molar-refractivity contribution in [3.05, 3.63) is 23.8 Å². The predicted octanol–water partition coefficient (Wildman–Crippen LogP) is 1.88. The van der Waals surface area contributed by atoms with E-state index in [0.29, 0.717) is 11.3 Å². The molecule has 10 heteroatoms. The molecule has 1 aliphatic heterocycles. The van der Waals surface area contributed by atoms with E-state index in [9.17, 15) is 19.2 Å². The molecule has 2 rings (SSSR count). The van der Waals surface area contributed by atoms with Crippen molar-refractivity contribution in [2.24, 2.45) is 0 Å². The Morgan fingerprint density at radius 3 is 1.87 bits per heavy atom. The third-order valence-electron chi connectivity index (χ3n) is 4.45. The molecule has 1 aliphatic rings. The SMILES string of the molecule is COc1ccc(OC(C)=O)cc1C1O[C@@H](C)[C@@H](OC(C)=O)[C@@H](OC(C)=O)[C@@H]1OC(C)=O. The summed E-state index contributed by atoms with van der Waals surface area (Å²) in [5.41, 5.74) is 0.387.